The molecule has 4 nitrogen and oxygen atoms in total. The molecule has 1 N–H and O–H groups in total. The third-order valence-electron chi connectivity index (χ3n) is 2.90. The van der Waals surface area contributed by atoms with Crippen LogP contribution in [0, 0.1) is 5.82 Å². The first kappa shape index (κ1) is 15.6. The van der Waals surface area contributed by atoms with E-state index in [9.17, 15) is 9.18 Å². The van der Waals surface area contributed by atoms with Gasteiger partial charge in [-0.05, 0) is 35.9 Å². The van der Waals surface area contributed by atoms with Crippen molar-refractivity contribution in [3.8, 4) is 11.5 Å². The average Bonchev–Trinajstić information content (AvgIpc) is 2.53. The fourth-order valence-corrected chi connectivity index (χ4v) is 1.85. The highest BCUT2D eigenvalue weighted by Gasteiger charge is 2.07. The number of hydrogen-bond donors (Lipinski definition) is 1. The van der Waals surface area contributed by atoms with Crippen LogP contribution in [0.3, 0.4) is 0 Å². The summed E-state index contributed by atoms with van der Waals surface area (Å²) in [6.07, 6.45) is 1.18. The first-order valence-electron chi connectivity index (χ1n) is 6.61. The van der Waals surface area contributed by atoms with Crippen LogP contribution < -0.4 is 14.8 Å². The van der Waals surface area contributed by atoms with Gasteiger partial charge in [0.2, 0.25) is 5.91 Å². The maximum Gasteiger partial charge on any atom is 0.247 e. The third-order valence-corrected chi connectivity index (χ3v) is 2.90. The van der Waals surface area contributed by atoms with Crippen LogP contribution in [0.25, 0.3) is 0 Å². The van der Waals surface area contributed by atoms with Gasteiger partial charge in [0.1, 0.15) is 12.4 Å². The molecule has 0 spiro atoms. The number of hydrogen-bond acceptors (Lipinski definition) is 3. The molecule has 0 aromatic heterocycles. The van der Waals surface area contributed by atoms with Crippen LogP contribution >= 0.6 is 0 Å². The first-order chi connectivity index (χ1) is 10.6. The summed E-state index contributed by atoms with van der Waals surface area (Å²) >= 11 is 0. The van der Waals surface area contributed by atoms with Crippen molar-refractivity contribution in [2.24, 2.45) is 0 Å². The normalized spacial score (nSPS) is 9.91. The Labute approximate surface area is 128 Å². The van der Waals surface area contributed by atoms with Gasteiger partial charge in [0.25, 0.3) is 0 Å². The molecular weight excluding hydrogens is 285 g/mol. The van der Waals surface area contributed by atoms with Crippen LogP contribution in [0.5, 0.6) is 11.5 Å². The maximum atomic E-state index is 13.1. The van der Waals surface area contributed by atoms with Gasteiger partial charge in [0.05, 0.1) is 7.11 Å². The number of methoxy groups -OCH3 is 1. The van der Waals surface area contributed by atoms with Gasteiger partial charge < -0.3 is 14.8 Å². The Morgan fingerprint density at radius 3 is 2.77 bits per heavy atom. The van der Waals surface area contributed by atoms with Crippen molar-refractivity contribution in [2.75, 3.05) is 12.4 Å². The molecule has 0 aliphatic rings. The van der Waals surface area contributed by atoms with Gasteiger partial charge in [-0.15, -0.1) is 0 Å². The molecular formula is C17H16FNO3. The standard InChI is InChI=1S/C17H16FNO3/c1-3-17(20)19-14-7-8-15(16(10-14)21-2)22-11-12-5-4-6-13(18)9-12/h3-10H,1,11H2,2H3,(H,19,20). The number of carbonyl (C=O) groups excluding carboxylic acids is 1. The Bertz CT molecular complexity index is 685. The van der Waals surface area contributed by atoms with Crippen molar-refractivity contribution in [2.45, 2.75) is 6.61 Å². The van der Waals surface area contributed by atoms with Crippen LogP contribution in [0.15, 0.2) is 55.1 Å². The summed E-state index contributed by atoms with van der Waals surface area (Å²) < 4.78 is 24.0. The van der Waals surface area contributed by atoms with Crippen LogP contribution in [0.2, 0.25) is 0 Å². The predicted octanol–water partition coefficient (Wildman–Crippen LogP) is 3.54. The minimum absolute atomic E-state index is 0.215. The van der Waals surface area contributed by atoms with Gasteiger partial charge >= 0.3 is 0 Å². The number of carbonyl (C=O) groups is 1. The average molecular weight is 301 g/mol. The second-order valence-corrected chi connectivity index (χ2v) is 4.48. The number of halogens is 1. The molecule has 1 amide bonds. The molecule has 0 aliphatic carbocycles. The van der Waals surface area contributed by atoms with E-state index in [4.69, 9.17) is 9.47 Å². The van der Waals surface area contributed by atoms with Gasteiger partial charge in [-0.2, -0.15) is 0 Å². The Kier molecular flexibility index (Phi) is 5.14. The van der Waals surface area contributed by atoms with Gasteiger partial charge in [0.15, 0.2) is 11.5 Å². The summed E-state index contributed by atoms with van der Waals surface area (Å²) in [5.41, 5.74) is 1.28. The molecule has 2 rings (SSSR count). The Morgan fingerprint density at radius 2 is 2.09 bits per heavy atom. The van der Waals surface area contributed by atoms with Crippen LogP contribution in [0.4, 0.5) is 10.1 Å². The maximum absolute atomic E-state index is 13.1. The number of benzene rings is 2. The molecule has 0 aliphatic heterocycles. The summed E-state index contributed by atoms with van der Waals surface area (Å²) in [5, 5.41) is 2.63. The minimum atomic E-state index is -0.310. The molecule has 0 saturated heterocycles. The van der Waals surface area contributed by atoms with Crippen LogP contribution in [0.1, 0.15) is 5.56 Å². The SMILES string of the molecule is C=CC(=O)Nc1ccc(OCc2cccc(F)c2)c(OC)c1. The van der Waals surface area contributed by atoms with E-state index < -0.39 is 0 Å². The summed E-state index contributed by atoms with van der Waals surface area (Å²) in [6, 6.07) is 11.2. The number of anilines is 1. The Balaban J connectivity index is 2.10. The zero-order valence-corrected chi connectivity index (χ0v) is 12.1. The van der Waals surface area contributed by atoms with E-state index in [1.807, 2.05) is 0 Å². The lowest BCUT2D eigenvalue weighted by molar-refractivity contribution is -0.111. The van der Waals surface area contributed by atoms with Crippen molar-refractivity contribution >= 4 is 11.6 Å². The molecule has 0 radical (unpaired) electrons. The highest BCUT2D eigenvalue weighted by molar-refractivity contribution is 5.99. The van der Waals surface area contributed by atoms with Crippen molar-refractivity contribution in [1.82, 2.24) is 0 Å². The van der Waals surface area contributed by atoms with Crippen molar-refractivity contribution in [3.63, 3.8) is 0 Å². The van der Waals surface area contributed by atoms with E-state index in [-0.39, 0.29) is 18.3 Å². The number of rotatable bonds is 6. The zero-order chi connectivity index (χ0) is 15.9. The largest absolute Gasteiger partial charge is 0.493 e. The van der Waals surface area contributed by atoms with E-state index in [1.165, 1.54) is 25.3 Å². The molecule has 0 fully saturated rings. The lowest BCUT2D eigenvalue weighted by Gasteiger charge is -2.12. The molecule has 0 atom stereocenters. The van der Waals surface area contributed by atoms with E-state index in [1.54, 1.807) is 30.3 Å². The quantitative estimate of drug-likeness (QED) is 0.830. The van der Waals surface area contributed by atoms with Crippen molar-refractivity contribution in [1.29, 1.82) is 0 Å². The monoisotopic (exact) mass is 301 g/mol. The van der Waals surface area contributed by atoms with Gasteiger partial charge in [-0.25, -0.2) is 4.39 Å². The molecule has 22 heavy (non-hydrogen) atoms. The fraction of sp³-hybridized carbons (Fsp3) is 0.118. The number of amides is 1. The number of nitrogens with one attached hydrogen (secondary N) is 1. The minimum Gasteiger partial charge on any atom is -0.493 e. The summed E-state index contributed by atoms with van der Waals surface area (Å²) in [5.74, 6) is 0.354. The lowest BCUT2D eigenvalue weighted by Crippen LogP contribution is -2.07. The Hall–Kier alpha value is -2.82. The zero-order valence-electron chi connectivity index (χ0n) is 12.1. The molecule has 2 aromatic carbocycles. The predicted molar refractivity (Wildman–Crippen MR) is 82.6 cm³/mol. The van der Waals surface area contributed by atoms with Crippen LogP contribution in [-0.4, -0.2) is 13.0 Å². The molecule has 114 valence electrons. The fourth-order valence-electron chi connectivity index (χ4n) is 1.85. The third kappa shape index (κ3) is 4.09. The first-order valence-corrected chi connectivity index (χ1v) is 6.61. The van der Waals surface area contributed by atoms with E-state index >= 15 is 0 Å². The smallest absolute Gasteiger partial charge is 0.247 e. The number of ether oxygens (including phenoxy) is 2. The molecule has 0 heterocycles. The topological polar surface area (TPSA) is 47.6 Å². The summed E-state index contributed by atoms with van der Waals surface area (Å²) in [4.78, 5) is 11.3. The summed E-state index contributed by atoms with van der Waals surface area (Å²) in [7, 11) is 1.50. The lowest BCUT2D eigenvalue weighted by atomic mass is 10.2. The van der Waals surface area contributed by atoms with Crippen molar-refractivity contribution in [3.05, 3.63) is 66.5 Å². The second-order valence-electron chi connectivity index (χ2n) is 4.48. The Morgan fingerprint density at radius 1 is 1.27 bits per heavy atom. The van der Waals surface area contributed by atoms with Gasteiger partial charge in [-0.1, -0.05) is 18.7 Å². The molecule has 0 unspecified atom stereocenters. The molecule has 0 saturated carbocycles. The van der Waals surface area contributed by atoms with Gasteiger partial charge in [-0.3, -0.25) is 4.79 Å². The highest BCUT2D eigenvalue weighted by Crippen LogP contribution is 2.30. The molecule has 5 heteroatoms. The van der Waals surface area contributed by atoms with Gasteiger partial charge in [0, 0.05) is 11.8 Å². The van der Waals surface area contributed by atoms with Crippen LogP contribution in [-0.2, 0) is 11.4 Å². The van der Waals surface area contributed by atoms with Crippen molar-refractivity contribution < 1.29 is 18.7 Å². The molecule has 0 bridgehead atoms. The van der Waals surface area contributed by atoms with E-state index in [0.29, 0.717) is 22.7 Å². The highest BCUT2D eigenvalue weighted by atomic mass is 19.1. The summed E-state index contributed by atoms with van der Waals surface area (Å²) in [6.45, 7) is 3.60. The van der Waals surface area contributed by atoms with E-state index in [2.05, 4.69) is 11.9 Å². The van der Waals surface area contributed by atoms with E-state index in [0.717, 1.165) is 0 Å². The molecule has 2 aromatic rings. The second kappa shape index (κ2) is 7.26.